The number of rotatable bonds is 6. The van der Waals surface area contributed by atoms with Gasteiger partial charge in [-0.1, -0.05) is 30.3 Å². The minimum absolute atomic E-state index is 0.0322. The Hall–Kier alpha value is -2.97. The van der Waals surface area contributed by atoms with Crippen LogP contribution in [0.2, 0.25) is 0 Å². The zero-order chi connectivity index (χ0) is 25.9. The van der Waals surface area contributed by atoms with E-state index in [0.717, 1.165) is 32.4 Å². The lowest BCUT2D eigenvalue weighted by molar-refractivity contribution is -0.130. The summed E-state index contributed by atoms with van der Waals surface area (Å²) >= 11 is 0. The molecule has 3 aliphatic heterocycles. The van der Waals surface area contributed by atoms with Gasteiger partial charge in [0.15, 0.2) is 0 Å². The molecule has 0 spiro atoms. The van der Waals surface area contributed by atoms with Crippen LogP contribution in [0.15, 0.2) is 36.4 Å². The van der Waals surface area contributed by atoms with Gasteiger partial charge in [-0.3, -0.25) is 14.5 Å². The van der Waals surface area contributed by atoms with Crippen LogP contribution in [-0.2, 0) is 24.2 Å². The maximum atomic E-state index is 15.7. The van der Waals surface area contributed by atoms with E-state index >= 15 is 4.39 Å². The summed E-state index contributed by atoms with van der Waals surface area (Å²) in [5.41, 5.74) is 3.10. The predicted molar refractivity (Wildman–Crippen MR) is 138 cm³/mol. The number of carbonyl (C=O) groups excluding carboxylic acids is 2. The fourth-order valence-corrected chi connectivity index (χ4v) is 5.86. The Morgan fingerprint density at radius 1 is 1.08 bits per heavy atom. The summed E-state index contributed by atoms with van der Waals surface area (Å²) < 4.78 is 21.5. The number of piperidine rings is 1. The number of β-amino-alcohol motifs (C(OH)–C–C–N with tert-alkyl or cyclic N) is 1. The molecule has 0 radical (unpaired) electrons. The molecule has 0 unspecified atom stereocenters. The van der Waals surface area contributed by atoms with Crippen molar-refractivity contribution < 1.29 is 23.8 Å². The van der Waals surface area contributed by atoms with Crippen LogP contribution >= 0.6 is 0 Å². The molecule has 198 valence electrons. The Bertz CT molecular complexity index is 1150. The lowest BCUT2D eigenvalue weighted by atomic mass is 9.89. The van der Waals surface area contributed by atoms with Crippen LogP contribution in [0.25, 0.3) is 0 Å². The highest BCUT2D eigenvalue weighted by Gasteiger charge is 2.31. The van der Waals surface area contributed by atoms with Gasteiger partial charge in [0, 0.05) is 46.2 Å². The van der Waals surface area contributed by atoms with Crippen molar-refractivity contribution in [1.29, 1.82) is 0 Å². The van der Waals surface area contributed by atoms with E-state index in [0.29, 0.717) is 38.2 Å². The van der Waals surface area contributed by atoms with Gasteiger partial charge in [0.1, 0.15) is 23.7 Å². The second kappa shape index (κ2) is 11.2. The lowest BCUT2D eigenvalue weighted by Gasteiger charge is -2.32. The smallest absolute Gasteiger partial charge is 0.260 e. The van der Waals surface area contributed by atoms with E-state index < -0.39 is 17.8 Å². The SMILES string of the molecule is CC(=O)N1CCC(Cc2ccc3c(c2F)C(=O)N(C[C@@H](O)CN2CCc4ccccc4C2)CCO3)CC1. The number of fused-ring (bicyclic) bond motifs is 2. The molecule has 3 aliphatic rings. The largest absolute Gasteiger partial charge is 0.491 e. The third kappa shape index (κ3) is 5.80. The van der Waals surface area contributed by atoms with Crippen LogP contribution in [0.3, 0.4) is 0 Å². The monoisotopic (exact) mass is 509 g/mol. The second-order valence-electron chi connectivity index (χ2n) is 10.6. The van der Waals surface area contributed by atoms with Gasteiger partial charge in [0.05, 0.1) is 12.6 Å². The van der Waals surface area contributed by atoms with Crippen LogP contribution in [0.4, 0.5) is 4.39 Å². The molecule has 1 saturated heterocycles. The number of benzene rings is 2. The van der Waals surface area contributed by atoms with Crippen molar-refractivity contribution in [3.05, 3.63) is 64.5 Å². The van der Waals surface area contributed by atoms with E-state index in [2.05, 4.69) is 23.1 Å². The van der Waals surface area contributed by atoms with Crippen LogP contribution < -0.4 is 4.74 Å². The van der Waals surface area contributed by atoms with E-state index in [1.165, 1.54) is 16.0 Å². The number of hydrogen-bond acceptors (Lipinski definition) is 5. The topological polar surface area (TPSA) is 73.3 Å². The maximum Gasteiger partial charge on any atom is 0.260 e. The number of aliphatic hydroxyl groups excluding tert-OH is 1. The molecule has 1 N–H and O–H groups in total. The summed E-state index contributed by atoms with van der Waals surface area (Å²) in [5.74, 6) is -0.351. The molecule has 2 aromatic carbocycles. The van der Waals surface area contributed by atoms with Crippen LogP contribution in [0.5, 0.6) is 5.75 Å². The van der Waals surface area contributed by atoms with Gasteiger partial charge in [-0.05, 0) is 54.4 Å². The average Bonchev–Trinajstić information content (AvgIpc) is 3.04. The van der Waals surface area contributed by atoms with Crippen molar-refractivity contribution in [2.24, 2.45) is 5.92 Å². The van der Waals surface area contributed by atoms with Gasteiger partial charge >= 0.3 is 0 Å². The van der Waals surface area contributed by atoms with E-state index in [1.54, 1.807) is 19.1 Å². The van der Waals surface area contributed by atoms with E-state index in [4.69, 9.17) is 4.74 Å². The molecule has 1 atom stereocenters. The minimum Gasteiger partial charge on any atom is -0.491 e. The number of aliphatic hydroxyl groups is 1. The lowest BCUT2D eigenvalue weighted by Crippen LogP contribution is -2.44. The summed E-state index contributed by atoms with van der Waals surface area (Å²) in [7, 11) is 0. The van der Waals surface area contributed by atoms with Gasteiger partial charge in [-0.15, -0.1) is 0 Å². The normalized spacial score (nSPS) is 19.6. The van der Waals surface area contributed by atoms with Gasteiger partial charge in [-0.25, -0.2) is 4.39 Å². The summed E-state index contributed by atoms with van der Waals surface area (Å²) in [6.07, 6.45) is 2.36. The second-order valence-corrected chi connectivity index (χ2v) is 10.6. The molecule has 0 saturated carbocycles. The molecular weight excluding hydrogens is 473 g/mol. The Balaban J connectivity index is 1.23. The summed E-state index contributed by atoms with van der Waals surface area (Å²) in [5, 5.41) is 10.9. The molecule has 5 rings (SSSR count). The highest BCUT2D eigenvalue weighted by atomic mass is 19.1. The van der Waals surface area contributed by atoms with Crippen molar-refractivity contribution in [2.75, 3.05) is 45.9 Å². The molecule has 7 nitrogen and oxygen atoms in total. The number of hydrogen-bond donors (Lipinski definition) is 1. The molecule has 1 fully saturated rings. The van der Waals surface area contributed by atoms with Crippen molar-refractivity contribution in [3.8, 4) is 5.75 Å². The minimum atomic E-state index is -0.742. The van der Waals surface area contributed by atoms with Crippen LogP contribution in [0, 0.1) is 11.7 Å². The Labute approximate surface area is 217 Å². The maximum absolute atomic E-state index is 15.7. The van der Waals surface area contributed by atoms with Gasteiger partial charge in [0.25, 0.3) is 5.91 Å². The van der Waals surface area contributed by atoms with Crippen molar-refractivity contribution >= 4 is 11.8 Å². The highest BCUT2D eigenvalue weighted by molar-refractivity contribution is 5.97. The number of halogens is 1. The first-order chi connectivity index (χ1) is 17.9. The number of nitrogens with zero attached hydrogens (tertiary/aromatic N) is 3. The third-order valence-electron chi connectivity index (χ3n) is 7.98. The molecule has 37 heavy (non-hydrogen) atoms. The number of likely N-dealkylation sites (tertiary alicyclic amines) is 1. The number of ether oxygens (including phenoxy) is 1. The molecule has 0 bridgehead atoms. The molecule has 0 aromatic heterocycles. The average molecular weight is 510 g/mol. The van der Waals surface area contributed by atoms with Crippen LogP contribution in [-0.4, -0.2) is 83.6 Å². The summed E-state index contributed by atoms with van der Waals surface area (Å²) in [4.78, 5) is 30.6. The van der Waals surface area contributed by atoms with Gasteiger partial charge in [-0.2, -0.15) is 0 Å². The van der Waals surface area contributed by atoms with E-state index in [9.17, 15) is 14.7 Å². The van der Waals surface area contributed by atoms with E-state index in [-0.39, 0.29) is 36.3 Å². The molecule has 0 aliphatic carbocycles. The number of amides is 2. The molecular formula is C29H36FN3O4. The Morgan fingerprint density at radius 2 is 1.84 bits per heavy atom. The molecule has 3 heterocycles. The number of carbonyl (C=O) groups is 2. The van der Waals surface area contributed by atoms with E-state index in [1.807, 2.05) is 11.0 Å². The Morgan fingerprint density at radius 3 is 2.59 bits per heavy atom. The Kier molecular flexibility index (Phi) is 7.76. The quantitative estimate of drug-likeness (QED) is 0.649. The first kappa shape index (κ1) is 25.7. The zero-order valence-corrected chi connectivity index (χ0v) is 21.5. The van der Waals surface area contributed by atoms with Gasteiger partial charge in [0.2, 0.25) is 5.91 Å². The zero-order valence-electron chi connectivity index (χ0n) is 21.5. The summed E-state index contributed by atoms with van der Waals surface area (Å²) in [6.45, 7) is 5.71. The predicted octanol–water partition coefficient (Wildman–Crippen LogP) is 2.88. The summed E-state index contributed by atoms with van der Waals surface area (Å²) in [6, 6.07) is 11.8. The van der Waals surface area contributed by atoms with Crippen molar-refractivity contribution in [3.63, 3.8) is 0 Å². The van der Waals surface area contributed by atoms with Gasteiger partial charge < -0.3 is 19.6 Å². The molecule has 8 heteroatoms. The molecule has 2 aromatic rings. The third-order valence-corrected chi connectivity index (χ3v) is 7.98. The first-order valence-corrected chi connectivity index (χ1v) is 13.3. The molecule has 2 amide bonds. The van der Waals surface area contributed by atoms with Crippen molar-refractivity contribution in [2.45, 2.75) is 45.3 Å². The standard InChI is InChI=1S/C29H36FN3O4/c1-20(34)32-12-8-21(9-13-32)16-23-6-7-26-27(28(23)30)29(36)33(14-15-37-26)19-25(35)18-31-11-10-22-4-2-3-5-24(22)17-31/h2-7,21,25,35H,8-19H2,1H3/t25-/m0/s1. The fourth-order valence-electron chi connectivity index (χ4n) is 5.86. The van der Waals surface area contributed by atoms with Crippen molar-refractivity contribution in [1.82, 2.24) is 14.7 Å². The first-order valence-electron chi connectivity index (χ1n) is 13.3. The highest BCUT2D eigenvalue weighted by Crippen LogP contribution is 2.31. The van der Waals surface area contributed by atoms with Crippen LogP contribution in [0.1, 0.15) is 46.8 Å². The fraction of sp³-hybridized carbons (Fsp3) is 0.517.